The van der Waals surface area contributed by atoms with Gasteiger partial charge in [0.1, 0.15) is 5.70 Å². The number of hydrogen-bond acceptors (Lipinski definition) is 3. The van der Waals surface area contributed by atoms with Crippen molar-refractivity contribution in [2.45, 2.75) is 12.8 Å². The van der Waals surface area contributed by atoms with Crippen LogP contribution in [0, 0.1) is 0 Å². The van der Waals surface area contributed by atoms with Crippen molar-refractivity contribution in [2.75, 3.05) is 6.54 Å². The van der Waals surface area contributed by atoms with Gasteiger partial charge in [0.25, 0.3) is 0 Å². The largest absolute Gasteiger partial charge is 0.288 e. The van der Waals surface area contributed by atoms with E-state index in [0.29, 0.717) is 22.8 Å². The summed E-state index contributed by atoms with van der Waals surface area (Å²) < 4.78 is 0. The summed E-state index contributed by atoms with van der Waals surface area (Å²) in [5.41, 5.74) is 2.88. The fourth-order valence-electron chi connectivity index (χ4n) is 2.48. The van der Waals surface area contributed by atoms with Crippen molar-refractivity contribution in [1.82, 2.24) is 5.06 Å². The van der Waals surface area contributed by atoms with Crippen LogP contribution in [0.2, 0.25) is 5.02 Å². The van der Waals surface area contributed by atoms with Crippen LogP contribution in [0.25, 0.3) is 0 Å². The highest BCUT2D eigenvalue weighted by atomic mass is 35.5. The van der Waals surface area contributed by atoms with E-state index in [1.165, 1.54) is 0 Å². The number of Topliss-reactive ketones (excluding diaryl/α,β-unsaturated/α-hetero) is 1. The van der Waals surface area contributed by atoms with E-state index in [2.05, 4.69) is 0 Å². The molecule has 92 valence electrons. The van der Waals surface area contributed by atoms with Gasteiger partial charge >= 0.3 is 0 Å². The highest BCUT2D eigenvalue weighted by Gasteiger charge is 2.27. The van der Waals surface area contributed by atoms with Crippen molar-refractivity contribution in [3.8, 4) is 0 Å². The van der Waals surface area contributed by atoms with Gasteiger partial charge in [-0.3, -0.25) is 10.0 Å². The van der Waals surface area contributed by atoms with Crippen LogP contribution in [0.4, 0.5) is 0 Å². The van der Waals surface area contributed by atoms with Crippen molar-refractivity contribution in [1.29, 1.82) is 0 Å². The summed E-state index contributed by atoms with van der Waals surface area (Å²) >= 11 is 5.96. The molecule has 1 aromatic carbocycles. The normalized spacial score (nSPS) is 18.6. The molecule has 0 saturated heterocycles. The maximum Gasteiger partial charge on any atom is 0.211 e. The van der Waals surface area contributed by atoms with E-state index < -0.39 is 0 Å². The quantitative estimate of drug-likeness (QED) is 0.781. The Morgan fingerprint density at radius 1 is 1.28 bits per heavy atom. The van der Waals surface area contributed by atoms with Crippen LogP contribution in [0.1, 0.15) is 22.3 Å². The molecule has 0 saturated carbocycles. The lowest BCUT2D eigenvalue weighted by Crippen LogP contribution is -2.27. The van der Waals surface area contributed by atoms with E-state index in [1.807, 2.05) is 18.2 Å². The monoisotopic (exact) mass is 261 g/mol. The first kappa shape index (κ1) is 11.5. The number of nitrogens with zero attached hydrogens (tertiary/aromatic N) is 1. The Kier molecular flexibility index (Phi) is 2.73. The summed E-state index contributed by atoms with van der Waals surface area (Å²) in [5.74, 6) is -0.124. The van der Waals surface area contributed by atoms with Gasteiger partial charge in [0.2, 0.25) is 5.78 Å². The molecule has 1 aromatic rings. The van der Waals surface area contributed by atoms with Crippen molar-refractivity contribution >= 4 is 17.4 Å². The van der Waals surface area contributed by atoms with E-state index in [4.69, 9.17) is 11.6 Å². The van der Waals surface area contributed by atoms with Gasteiger partial charge in [0, 0.05) is 10.6 Å². The molecule has 4 heteroatoms. The average molecular weight is 262 g/mol. The fourth-order valence-corrected chi connectivity index (χ4v) is 2.68. The lowest BCUT2D eigenvalue weighted by molar-refractivity contribution is -0.0442. The second-order valence-corrected chi connectivity index (χ2v) is 4.93. The highest BCUT2D eigenvalue weighted by Crippen LogP contribution is 2.30. The van der Waals surface area contributed by atoms with Gasteiger partial charge < -0.3 is 0 Å². The molecule has 3 rings (SSSR count). The van der Waals surface area contributed by atoms with Crippen molar-refractivity contribution in [3.63, 3.8) is 0 Å². The maximum atomic E-state index is 12.5. The van der Waals surface area contributed by atoms with Gasteiger partial charge in [-0.1, -0.05) is 23.8 Å². The average Bonchev–Trinajstić information content (AvgIpc) is 2.48. The zero-order chi connectivity index (χ0) is 12.7. The standard InChI is InChI=1S/C14H12ClNO2/c15-11-5-6-12-10(8-11)4-3-9-2-1-7-16(18)13(9)14(12)17/h1-2,5-6,8,18H,3-4,7H2. The summed E-state index contributed by atoms with van der Waals surface area (Å²) in [7, 11) is 0. The molecule has 1 aliphatic heterocycles. The molecule has 2 aliphatic rings. The Morgan fingerprint density at radius 2 is 2.11 bits per heavy atom. The molecular weight excluding hydrogens is 250 g/mol. The molecular formula is C14H12ClNO2. The third kappa shape index (κ3) is 1.76. The second-order valence-electron chi connectivity index (χ2n) is 4.49. The van der Waals surface area contributed by atoms with Crippen LogP contribution in [-0.2, 0) is 6.42 Å². The second kappa shape index (κ2) is 4.26. The summed E-state index contributed by atoms with van der Waals surface area (Å²) in [5, 5.41) is 11.5. The number of fused-ring (bicyclic) bond motifs is 1. The Hall–Kier alpha value is -1.58. The molecule has 1 heterocycles. The topological polar surface area (TPSA) is 40.5 Å². The third-order valence-corrected chi connectivity index (χ3v) is 3.59. The summed E-state index contributed by atoms with van der Waals surface area (Å²) in [4.78, 5) is 12.5. The van der Waals surface area contributed by atoms with Crippen LogP contribution in [0.3, 0.4) is 0 Å². The number of carbonyl (C=O) groups is 1. The van der Waals surface area contributed by atoms with E-state index >= 15 is 0 Å². The molecule has 0 spiro atoms. The molecule has 3 nitrogen and oxygen atoms in total. The first-order chi connectivity index (χ1) is 8.66. The Labute approximate surface area is 110 Å². The summed E-state index contributed by atoms with van der Waals surface area (Å²) in [6, 6.07) is 5.28. The number of aryl methyl sites for hydroxylation is 1. The van der Waals surface area contributed by atoms with E-state index in [0.717, 1.165) is 29.0 Å². The van der Waals surface area contributed by atoms with Crippen LogP contribution in [0.15, 0.2) is 41.6 Å². The molecule has 18 heavy (non-hydrogen) atoms. The van der Waals surface area contributed by atoms with E-state index in [9.17, 15) is 10.0 Å². The zero-order valence-electron chi connectivity index (χ0n) is 9.69. The number of halogens is 1. The van der Waals surface area contributed by atoms with Gasteiger partial charge in [-0.2, -0.15) is 0 Å². The van der Waals surface area contributed by atoms with Crippen molar-refractivity contribution in [2.24, 2.45) is 0 Å². The Balaban J connectivity index is 2.14. The van der Waals surface area contributed by atoms with Crippen LogP contribution in [-0.4, -0.2) is 22.6 Å². The number of rotatable bonds is 0. The molecule has 0 amide bonds. The van der Waals surface area contributed by atoms with Crippen LogP contribution in [0.5, 0.6) is 0 Å². The number of ketones is 1. The van der Waals surface area contributed by atoms with E-state index in [1.54, 1.807) is 12.1 Å². The first-order valence-corrected chi connectivity index (χ1v) is 6.24. The van der Waals surface area contributed by atoms with E-state index in [-0.39, 0.29) is 5.78 Å². The van der Waals surface area contributed by atoms with Gasteiger partial charge in [-0.15, -0.1) is 0 Å². The number of allylic oxidation sites excluding steroid dienone is 3. The number of hydrogen-bond donors (Lipinski definition) is 1. The lowest BCUT2D eigenvalue weighted by Gasteiger charge is -2.22. The van der Waals surface area contributed by atoms with Crippen LogP contribution >= 0.6 is 11.6 Å². The number of carbonyl (C=O) groups excluding carboxylic acids is 1. The molecule has 0 aromatic heterocycles. The summed E-state index contributed by atoms with van der Waals surface area (Å²) in [6.07, 6.45) is 5.28. The minimum atomic E-state index is -0.124. The highest BCUT2D eigenvalue weighted by molar-refractivity contribution is 6.30. The molecule has 1 aliphatic carbocycles. The molecule has 0 unspecified atom stereocenters. The maximum absolute atomic E-state index is 12.5. The van der Waals surface area contributed by atoms with Crippen LogP contribution < -0.4 is 0 Å². The number of benzene rings is 1. The third-order valence-electron chi connectivity index (χ3n) is 3.35. The minimum Gasteiger partial charge on any atom is -0.288 e. The molecule has 1 N–H and O–H groups in total. The van der Waals surface area contributed by atoms with Gasteiger partial charge in [0.05, 0.1) is 6.54 Å². The van der Waals surface area contributed by atoms with Crippen molar-refractivity contribution in [3.05, 3.63) is 57.8 Å². The lowest BCUT2D eigenvalue weighted by atomic mass is 10.0. The molecule has 0 fully saturated rings. The molecule has 0 bridgehead atoms. The van der Waals surface area contributed by atoms with Gasteiger partial charge in [-0.25, -0.2) is 5.06 Å². The minimum absolute atomic E-state index is 0.124. The Bertz CT molecular complexity index is 589. The van der Waals surface area contributed by atoms with Gasteiger partial charge in [-0.05, 0) is 42.2 Å². The predicted molar refractivity (Wildman–Crippen MR) is 68.8 cm³/mol. The smallest absolute Gasteiger partial charge is 0.211 e. The predicted octanol–water partition coefficient (Wildman–Crippen LogP) is 2.98. The summed E-state index contributed by atoms with van der Waals surface area (Å²) in [6.45, 7) is 0.355. The Morgan fingerprint density at radius 3 is 2.94 bits per heavy atom. The SMILES string of the molecule is O=C1C2=C(C=CCN2O)CCc2cc(Cl)ccc21. The number of hydroxylamine groups is 2. The van der Waals surface area contributed by atoms with Crippen molar-refractivity contribution < 1.29 is 10.0 Å². The van der Waals surface area contributed by atoms with Gasteiger partial charge in [0.15, 0.2) is 0 Å². The molecule has 0 atom stereocenters. The first-order valence-electron chi connectivity index (χ1n) is 5.86. The molecule has 0 radical (unpaired) electrons. The fraction of sp³-hybridized carbons (Fsp3) is 0.214. The zero-order valence-corrected chi connectivity index (χ0v) is 10.4.